The molecule has 0 radical (unpaired) electrons. The molecule has 0 aliphatic carbocycles. The minimum atomic E-state index is 0.324. The zero-order chi connectivity index (χ0) is 20.3. The minimum Gasteiger partial charge on any atom is -0.497 e. The third-order valence-electron chi connectivity index (χ3n) is 6.92. The summed E-state index contributed by atoms with van der Waals surface area (Å²) >= 11 is 1.85. The molecule has 1 aromatic heterocycles. The molecule has 4 heteroatoms. The fourth-order valence-electron chi connectivity index (χ4n) is 5.50. The molecule has 2 bridgehead atoms. The Bertz CT molecular complexity index is 935. The van der Waals surface area contributed by atoms with Crippen molar-refractivity contribution in [2.45, 2.75) is 37.4 Å². The second kappa shape index (κ2) is 8.93. The van der Waals surface area contributed by atoms with E-state index in [1.807, 2.05) is 17.4 Å². The Balaban J connectivity index is 1.53. The fraction of sp³-hybridized carbons (Fsp3) is 0.385. The van der Waals surface area contributed by atoms with E-state index < -0.39 is 0 Å². The minimum absolute atomic E-state index is 0.324. The molecule has 3 saturated heterocycles. The van der Waals surface area contributed by atoms with E-state index >= 15 is 0 Å². The predicted molar refractivity (Wildman–Crippen MR) is 124 cm³/mol. The number of piperidine rings is 3. The lowest BCUT2D eigenvalue weighted by Crippen LogP contribution is -2.64. The molecule has 0 spiro atoms. The maximum Gasteiger partial charge on any atom is 0.119 e. The largest absolute Gasteiger partial charge is 0.497 e. The van der Waals surface area contributed by atoms with Crippen molar-refractivity contribution < 1.29 is 4.74 Å². The lowest BCUT2D eigenvalue weighted by molar-refractivity contribution is 0.00476. The third-order valence-corrected chi connectivity index (χ3v) is 7.79. The monoisotopic (exact) mass is 418 g/mol. The van der Waals surface area contributed by atoms with Crippen molar-refractivity contribution in [3.8, 4) is 5.75 Å². The number of methoxy groups -OCH3 is 1. The van der Waals surface area contributed by atoms with Crippen LogP contribution in [-0.4, -0.2) is 37.2 Å². The Morgan fingerprint density at radius 1 is 1.00 bits per heavy atom. The first-order valence-corrected chi connectivity index (χ1v) is 11.9. The molecule has 1 N–H and O–H groups in total. The summed E-state index contributed by atoms with van der Waals surface area (Å²) in [5.74, 6) is 2.01. The van der Waals surface area contributed by atoms with Gasteiger partial charge >= 0.3 is 0 Å². The highest BCUT2D eigenvalue weighted by atomic mass is 32.1. The van der Waals surface area contributed by atoms with Gasteiger partial charge in [-0.15, -0.1) is 11.3 Å². The van der Waals surface area contributed by atoms with Crippen LogP contribution in [0.2, 0.25) is 0 Å². The first-order chi connectivity index (χ1) is 14.8. The molecule has 6 rings (SSSR count). The van der Waals surface area contributed by atoms with Crippen LogP contribution >= 0.6 is 11.3 Å². The Morgan fingerprint density at radius 3 is 2.53 bits per heavy atom. The normalized spacial score (nSPS) is 26.4. The molecule has 3 aromatic rings. The van der Waals surface area contributed by atoms with Gasteiger partial charge in [0.05, 0.1) is 7.11 Å². The Labute approximate surface area is 183 Å². The van der Waals surface area contributed by atoms with Crippen molar-refractivity contribution in [2.75, 3.05) is 20.2 Å². The van der Waals surface area contributed by atoms with Crippen molar-refractivity contribution in [3.63, 3.8) is 0 Å². The maximum atomic E-state index is 5.59. The van der Waals surface area contributed by atoms with Crippen LogP contribution in [0.15, 0.2) is 72.1 Å². The van der Waals surface area contributed by atoms with Gasteiger partial charge in [-0.05, 0) is 66.6 Å². The number of fused-ring (bicyclic) bond motifs is 3. The number of nitrogens with zero attached hydrogens (tertiary/aromatic N) is 1. The van der Waals surface area contributed by atoms with Gasteiger partial charge in [0.25, 0.3) is 0 Å². The number of rotatable bonds is 7. The van der Waals surface area contributed by atoms with Crippen molar-refractivity contribution >= 4 is 11.3 Å². The summed E-state index contributed by atoms with van der Waals surface area (Å²) in [6.45, 7) is 3.38. The van der Waals surface area contributed by atoms with Crippen LogP contribution in [0, 0.1) is 5.92 Å². The summed E-state index contributed by atoms with van der Waals surface area (Å²) in [7, 11) is 1.76. The number of thiophene rings is 1. The average molecular weight is 419 g/mol. The van der Waals surface area contributed by atoms with E-state index in [-0.39, 0.29) is 0 Å². The average Bonchev–Trinajstić information content (AvgIpc) is 3.34. The lowest BCUT2D eigenvalue weighted by Gasteiger charge is -2.54. The number of hydrogen-bond acceptors (Lipinski definition) is 4. The van der Waals surface area contributed by atoms with Gasteiger partial charge in [0.1, 0.15) is 5.75 Å². The second-order valence-corrected chi connectivity index (χ2v) is 9.55. The number of nitrogens with one attached hydrogen (secondary N) is 1. The van der Waals surface area contributed by atoms with Crippen LogP contribution in [0.3, 0.4) is 0 Å². The lowest BCUT2D eigenvalue weighted by atomic mass is 9.70. The molecule has 0 amide bonds. The highest BCUT2D eigenvalue weighted by Crippen LogP contribution is 2.42. The van der Waals surface area contributed by atoms with Crippen LogP contribution in [-0.2, 0) is 6.54 Å². The quantitative estimate of drug-likeness (QED) is 0.575. The highest BCUT2D eigenvalue weighted by molar-refractivity contribution is 7.09. The molecule has 3 nitrogen and oxygen atoms in total. The topological polar surface area (TPSA) is 24.5 Å². The molecule has 3 unspecified atom stereocenters. The Hall–Kier alpha value is -2.14. The molecule has 3 atom stereocenters. The van der Waals surface area contributed by atoms with Gasteiger partial charge < -0.3 is 10.1 Å². The number of ether oxygens (including phenoxy) is 1. The van der Waals surface area contributed by atoms with Crippen molar-refractivity contribution in [1.29, 1.82) is 0 Å². The van der Waals surface area contributed by atoms with Gasteiger partial charge in [0.15, 0.2) is 0 Å². The predicted octanol–water partition coefficient (Wildman–Crippen LogP) is 5.14. The van der Waals surface area contributed by atoms with E-state index in [1.165, 1.54) is 41.9 Å². The summed E-state index contributed by atoms with van der Waals surface area (Å²) in [6.07, 6.45) is 2.61. The van der Waals surface area contributed by atoms with E-state index in [2.05, 4.69) is 76.3 Å². The second-order valence-electron chi connectivity index (χ2n) is 8.52. The van der Waals surface area contributed by atoms with Crippen LogP contribution in [0.25, 0.3) is 0 Å². The first-order valence-electron chi connectivity index (χ1n) is 11.0. The molecule has 30 heavy (non-hydrogen) atoms. The van der Waals surface area contributed by atoms with E-state index in [9.17, 15) is 0 Å². The third kappa shape index (κ3) is 3.92. The van der Waals surface area contributed by atoms with Crippen molar-refractivity contribution in [2.24, 2.45) is 5.92 Å². The van der Waals surface area contributed by atoms with Gasteiger partial charge in [-0.3, -0.25) is 4.90 Å². The van der Waals surface area contributed by atoms with Gasteiger partial charge in [-0.1, -0.05) is 48.5 Å². The van der Waals surface area contributed by atoms with Gasteiger partial charge in [0, 0.05) is 29.4 Å². The molecule has 0 saturated carbocycles. The van der Waals surface area contributed by atoms with E-state index in [4.69, 9.17) is 4.74 Å². The summed E-state index contributed by atoms with van der Waals surface area (Å²) < 4.78 is 5.59. The van der Waals surface area contributed by atoms with Crippen LogP contribution in [0.5, 0.6) is 5.75 Å². The standard InChI is InChI=1S/C26H30N2OS/c1-29-22-10-5-9-21(17-22)24(19-7-3-2-4-8-19)26-25(20-12-14-28(26)15-13-20)27-18-23-11-6-16-30-23/h2-11,16-17,20,24-27H,12-15,18H2,1H3. The van der Waals surface area contributed by atoms with Gasteiger partial charge in [0.2, 0.25) is 0 Å². The van der Waals surface area contributed by atoms with Gasteiger partial charge in [-0.2, -0.15) is 0 Å². The number of benzene rings is 2. The fourth-order valence-corrected chi connectivity index (χ4v) is 6.16. The molecule has 3 fully saturated rings. The summed E-state index contributed by atoms with van der Waals surface area (Å²) in [5.41, 5.74) is 2.74. The van der Waals surface area contributed by atoms with Crippen LogP contribution in [0.4, 0.5) is 0 Å². The summed E-state index contributed by atoms with van der Waals surface area (Å²) in [6, 6.07) is 25.1. The Kier molecular flexibility index (Phi) is 5.89. The Morgan fingerprint density at radius 2 is 1.80 bits per heavy atom. The van der Waals surface area contributed by atoms with Gasteiger partial charge in [-0.25, -0.2) is 0 Å². The smallest absolute Gasteiger partial charge is 0.119 e. The molecular formula is C26H30N2OS. The van der Waals surface area contributed by atoms with Crippen LogP contribution in [0.1, 0.15) is 34.8 Å². The zero-order valence-electron chi connectivity index (χ0n) is 17.5. The molecule has 156 valence electrons. The molecule has 3 aliphatic rings. The van der Waals surface area contributed by atoms with Crippen molar-refractivity contribution in [1.82, 2.24) is 10.2 Å². The van der Waals surface area contributed by atoms with Crippen LogP contribution < -0.4 is 10.1 Å². The van der Waals surface area contributed by atoms with E-state index in [0.29, 0.717) is 18.0 Å². The zero-order valence-corrected chi connectivity index (χ0v) is 18.4. The number of hydrogen-bond donors (Lipinski definition) is 1. The van der Waals surface area contributed by atoms with E-state index in [0.717, 1.165) is 18.2 Å². The first kappa shape index (κ1) is 19.8. The van der Waals surface area contributed by atoms with Crippen molar-refractivity contribution in [3.05, 3.63) is 88.1 Å². The maximum absolute atomic E-state index is 5.59. The molecule has 2 aromatic carbocycles. The molecule has 4 heterocycles. The molecular weight excluding hydrogens is 388 g/mol. The van der Waals surface area contributed by atoms with E-state index in [1.54, 1.807) is 7.11 Å². The highest BCUT2D eigenvalue weighted by Gasteiger charge is 2.46. The molecule has 3 aliphatic heterocycles. The summed E-state index contributed by atoms with van der Waals surface area (Å²) in [4.78, 5) is 4.16. The summed E-state index contributed by atoms with van der Waals surface area (Å²) in [5, 5.41) is 6.17. The SMILES string of the molecule is COc1cccc(C(c2ccccc2)C2C(NCc3cccs3)C3CCN2CC3)c1.